The highest BCUT2D eigenvalue weighted by atomic mass is 19.1. The first-order valence-corrected chi connectivity index (χ1v) is 15.6. The fraction of sp³-hybridized carbons (Fsp3) is 0.394. The number of amidine groups is 1. The first-order valence-electron chi connectivity index (χ1n) is 15.6. The number of aliphatic hydroxyl groups is 1. The van der Waals surface area contributed by atoms with Crippen LogP contribution in [-0.2, 0) is 6.54 Å². The molecule has 242 valence electrons. The van der Waals surface area contributed by atoms with Crippen molar-refractivity contribution in [2.24, 2.45) is 16.5 Å². The molecule has 13 heteroatoms. The summed E-state index contributed by atoms with van der Waals surface area (Å²) >= 11 is 0. The number of carbonyl (C=O) groups excluding carboxylic acids is 1. The number of rotatable bonds is 9. The molecule has 2 atom stereocenters. The molecule has 3 aliphatic rings. The SMILES string of the molecule is CCC1c2c(cnn2C2CN(Cc3cccc(C(=O)N4CC[C@H](F)C4)n3)C2)-c2cccc(NC(=C/C(N)=NC)/C(N)=C\O)c2N1C. The zero-order valence-corrected chi connectivity index (χ0v) is 26.4. The van der Waals surface area contributed by atoms with E-state index in [9.17, 15) is 14.3 Å². The quantitative estimate of drug-likeness (QED) is 0.120. The standard InChI is InChI=1S/C33H41FN10O2/c1-4-29-32-24(23-8-6-9-26(31(23)41(29)3)40-28(25(35)19-45)13-30(36)37-2)14-38-44(32)22-17-42(18-22)16-21-7-5-10-27(39-21)33(46)43-12-11-20(34)15-43/h5-10,13-14,19-20,22,29,40,45H,4,11-12,15-18,35H2,1-3H3,(H2,36,37)/b25-19+,28-13+/t20-,29?/m0/s1. The Balaban J connectivity index is 1.21. The summed E-state index contributed by atoms with van der Waals surface area (Å²) < 4.78 is 15.8. The summed E-state index contributed by atoms with van der Waals surface area (Å²) in [6.45, 7) is 4.97. The second-order valence-corrected chi connectivity index (χ2v) is 12.0. The predicted octanol–water partition coefficient (Wildman–Crippen LogP) is 3.73. The van der Waals surface area contributed by atoms with E-state index in [1.54, 1.807) is 24.1 Å². The van der Waals surface area contributed by atoms with Gasteiger partial charge in [-0.2, -0.15) is 5.10 Å². The lowest BCUT2D eigenvalue weighted by Crippen LogP contribution is -2.48. The number of nitrogens with zero attached hydrogens (tertiary/aromatic N) is 7. The highest BCUT2D eigenvalue weighted by Crippen LogP contribution is 2.49. The number of alkyl halides is 1. The topological polar surface area (TPSA) is 154 Å². The van der Waals surface area contributed by atoms with Crippen LogP contribution in [0, 0.1) is 0 Å². The number of aromatic nitrogens is 3. The minimum Gasteiger partial charge on any atom is -0.513 e. The van der Waals surface area contributed by atoms with Gasteiger partial charge in [-0.3, -0.25) is 19.4 Å². The second-order valence-electron chi connectivity index (χ2n) is 12.0. The third-order valence-electron chi connectivity index (χ3n) is 9.07. The lowest BCUT2D eigenvalue weighted by Gasteiger charge is -2.43. The monoisotopic (exact) mass is 628 g/mol. The van der Waals surface area contributed by atoms with E-state index < -0.39 is 6.17 Å². The fourth-order valence-corrected chi connectivity index (χ4v) is 6.68. The summed E-state index contributed by atoms with van der Waals surface area (Å²) in [7, 11) is 3.67. The molecule has 6 rings (SSSR count). The van der Waals surface area contributed by atoms with Gasteiger partial charge in [0.05, 0.1) is 59.0 Å². The van der Waals surface area contributed by atoms with Gasteiger partial charge in [0.25, 0.3) is 5.91 Å². The second kappa shape index (κ2) is 12.8. The van der Waals surface area contributed by atoms with E-state index in [4.69, 9.17) is 16.6 Å². The number of pyridine rings is 1. The first kappa shape index (κ1) is 31.1. The lowest BCUT2D eigenvalue weighted by molar-refractivity contribution is 0.0771. The third kappa shape index (κ3) is 5.78. The Morgan fingerprint density at radius 3 is 2.65 bits per heavy atom. The van der Waals surface area contributed by atoms with Gasteiger partial charge in [0.1, 0.15) is 24.0 Å². The molecule has 3 aromatic rings. The fourth-order valence-electron chi connectivity index (χ4n) is 6.68. The van der Waals surface area contributed by atoms with Crippen molar-refractivity contribution in [3.05, 3.63) is 83.4 Å². The zero-order valence-electron chi connectivity index (χ0n) is 26.4. The van der Waals surface area contributed by atoms with E-state index in [0.29, 0.717) is 30.9 Å². The molecule has 1 aromatic carbocycles. The molecule has 0 spiro atoms. The Morgan fingerprint density at radius 2 is 1.96 bits per heavy atom. The number of halogens is 1. The highest BCUT2D eigenvalue weighted by Gasteiger charge is 2.38. The Morgan fingerprint density at radius 1 is 1.17 bits per heavy atom. The molecule has 2 saturated heterocycles. The summed E-state index contributed by atoms with van der Waals surface area (Å²) in [5.41, 5.74) is 18.9. The average Bonchev–Trinajstić information content (AvgIpc) is 3.68. The van der Waals surface area contributed by atoms with Gasteiger partial charge in [0.2, 0.25) is 0 Å². The lowest BCUT2D eigenvalue weighted by atomic mass is 9.91. The van der Waals surface area contributed by atoms with Gasteiger partial charge in [-0.25, -0.2) is 9.37 Å². The van der Waals surface area contributed by atoms with Crippen molar-refractivity contribution >= 4 is 23.1 Å². The van der Waals surface area contributed by atoms with Crippen molar-refractivity contribution in [3.63, 3.8) is 0 Å². The maximum Gasteiger partial charge on any atom is 0.272 e. The first-order chi connectivity index (χ1) is 22.2. The Hall–Kier alpha value is -4.91. The maximum atomic E-state index is 13.6. The molecule has 1 amide bonds. The summed E-state index contributed by atoms with van der Waals surface area (Å²) in [5, 5.41) is 17.9. The van der Waals surface area contributed by atoms with Crippen molar-refractivity contribution in [1.29, 1.82) is 0 Å². The van der Waals surface area contributed by atoms with Gasteiger partial charge in [-0.1, -0.05) is 25.1 Å². The van der Waals surface area contributed by atoms with Gasteiger partial charge in [0, 0.05) is 57.5 Å². The zero-order chi connectivity index (χ0) is 32.5. The van der Waals surface area contributed by atoms with Crippen LogP contribution in [0.2, 0.25) is 0 Å². The molecule has 0 radical (unpaired) electrons. The number of nitrogens with two attached hydrogens (primary N) is 2. The van der Waals surface area contributed by atoms with Crippen molar-refractivity contribution in [2.75, 3.05) is 50.5 Å². The smallest absolute Gasteiger partial charge is 0.272 e. The number of aliphatic imine (C=N–C) groups is 1. The van der Waals surface area contributed by atoms with Crippen molar-refractivity contribution < 1.29 is 14.3 Å². The summed E-state index contributed by atoms with van der Waals surface area (Å²) in [5.74, 6) is 0.0601. The van der Waals surface area contributed by atoms with E-state index in [-0.39, 0.29) is 36.1 Å². The maximum absolute atomic E-state index is 13.6. The van der Waals surface area contributed by atoms with Crippen LogP contribution in [-0.4, -0.2) is 87.9 Å². The largest absolute Gasteiger partial charge is 0.513 e. The number of fused-ring (bicyclic) bond motifs is 3. The van der Waals surface area contributed by atoms with Crippen molar-refractivity contribution in [2.45, 2.75) is 44.6 Å². The minimum absolute atomic E-state index is 0.0706. The Kier molecular flexibility index (Phi) is 8.67. The average molecular weight is 629 g/mol. The van der Waals surface area contributed by atoms with E-state index in [1.165, 1.54) is 5.69 Å². The number of anilines is 2. The molecule has 2 aromatic heterocycles. The number of likely N-dealkylation sites (tertiary alicyclic amines) is 2. The van der Waals surface area contributed by atoms with Gasteiger partial charge < -0.3 is 31.7 Å². The highest BCUT2D eigenvalue weighted by molar-refractivity contribution is 5.95. The number of para-hydroxylation sites is 1. The van der Waals surface area contributed by atoms with E-state index in [2.05, 4.69) is 49.8 Å². The molecule has 3 aliphatic heterocycles. The molecule has 0 saturated carbocycles. The predicted molar refractivity (Wildman–Crippen MR) is 177 cm³/mol. The normalized spacial score (nSPS) is 20.8. The van der Waals surface area contributed by atoms with Crippen LogP contribution in [0.15, 0.2) is 71.3 Å². The van der Waals surface area contributed by atoms with Crippen LogP contribution in [0.4, 0.5) is 15.8 Å². The number of hydrogen-bond donors (Lipinski definition) is 4. The van der Waals surface area contributed by atoms with Crippen LogP contribution >= 0.6 is 0 Å². The van der Waals surface area contributed by atoms with Crippen LogP contribution < -0.4 is 21.7 Å². The number of aliphatic hydroxyl groups excluding tert-OH is 1. The van der Waals surface area contributed by atoms with Gasteiger partial charge in [0.15, 0.2) is 0 Å². The number of amides is 1. The molecule has 2 fully saturated rings. The Bertz CT molecular complexity index is 1710. The van der Waals surface area contributed by atoms with Crippen LogP contribution in [0.5, 0.6) is 0 Å². The van der Waals surface area contributed by atoms with Gasteiger partial charge in [-0.05, 0) is 31.0 Å². The molecule has 0 bridgehead atoms. The van der Waals surface area contributed by atoms with Crippen molar-refractivity contribution in [3.8, 4) is 11.1 Å². The molecule has 6 N–H and O–H groups in total. The van der Waals surface area contributed by atoms with E-state index in [0.717, 1.165) is 54.0 Å². The van der Waals surface area contributed by atoms with E-state index in [1.807, 2.05) is 30.5 Å². The Labute approximate surface area is 267 Å². The third-order valence-corrected chi connectivity index (χ3v) is 9.07. The van der Waals surface area contributed by atoms with Gasteiger partial charge in [-0.15, -0.1) is 0 Å². The molecule has 0 aliphatic carbocycles. The number of nitrogens with one attached hydrogen (secondary N) is 1. The van der Waals surface area contributed by atoms with Crippen molar-refractivity contribution in [1.82, 2.24) is 24.6 Å². The van der Waals surface area contributed by atoms with Crippen LogP contribution in [0.1, 0.15) is 53.7 Å². The molecule has 1 unspecified atom stereocenters. The number of carbonyl (C=O) groups is 1. The molecular weight excluding hydrogens is 587 g/mol. The van der Waals surface area contributed by atoms with Crippen LogP contribution in [0.3, 0.4) is 0 Å². The van der Waals surface area contributed by atoms with Crippen LogP contribution in [0.25, 0.3) is 11.1 Å². The summed E-state index contributed by atoms with van der Waals surface area (Å²) in [4.78, 5) is 27.5. The number of benzene rings is 1. The molecule has 12 nitrogen and oxygen atoms in total. The minimum atomic E-state index is -0.956. The number of hydrogen-bond acceptors (Lipinski definition) is 9. The molecule has 46 heavy (non-hydrogen) atoms. The molecule has 5 heterocycles. The molecular formula is C33H41FN10O2. The van der Waals surface area contributed by atoms with Gasteiger partial charge >= 0.3 is 0 Å². The van der Waals surface area contributed by atoms with E-state index >= 15 is 0 Å². The summed E-state index contributed by atoms with van der Waals surface area (Å²) in [6.07, 6.45) is 4.67. The summed E-state index contributed by atoms with van der Waals surface area (Å²) in [6, 6.07) is 11.8.